The molecule has 0 radical (unpaired) electrons. The molecular formula is C13H13ClN2O5. The molecule has 0 aliphatic heterocycles. The first kappa shape index (κ1) is 15.2. The third-order valence-corrected chi connectivity index (χ3v) is 3.88. The lowest BCUT2D eigenvalue weighted by atomic mass is 10.0. The van der Waals surface area contributed by atoms with E-state index >= 15 is 0 Å². The Bertz CT molecular complexity index is 604. The van der Waals surface area contributed by atoms with Gasteiger partial charge in [0.2, 0.25) is 5.91 Å². The molecule has 0 aromatic heterocycles. The zero-order chi connectivity index (χ0) is 15.6. The first-order valence-corrected chi connectivity index (χ1v) is 6.74. The average Bonchev–Trinajstić information content (AvgIpc) is 2.90. The molecule has 1 aliphatic rings. The van der Waals surface area contributed by atoms with Crippen LogP contribution < -0.4 is 5.32 Å². The fourth-order valence-electron chi connectivity index (χ4n) is 2.42. The van der Waals surface area contributed by atoms with Crippen molar-refractivity contribution in [2.45, 2.75) is 19.3 Å². The molecule has 1 amide bonds. The van der Waals surface area contributed by atoms with E-state index in [1.807, 2.05) is 0 Å². The van der Waals surface area contributed by atoms with Gasteiger partial charge < -0.3 is 10.4 Å². The molecule has 2 atom stereocenters. The van der Waals surface area contributed by atoms with Crippen LogP contribution in [0.4, 0.5) is 11.4 Å². The van der Waals surface area contributed by atoms with Crippen molar-refractivity contribution < 1.29 is 19.6 Å². The monoisotopic (exact) mass is 312 g/mol. The van der Waals surface area contributed by atoms with Crippen molar-refractivity contribution in [1.29, 1.82) is 0 Å². The van der Waals surface area contributed by atoms with Crippen LogP contribution in [0, 0.1) is 22.0 Å². The second kappa shape index (κ2) is 6.09. The highest BCUT2D eigenvalue weighted by atomic mass is 35.5. The highest BCUT2D eigenvalue weighted by Crippen LogP contribution is 2.33. The van der Waals surface area contributed by atoms with Crippen molar-refractivity contribution in [2.75, 3.05) is 5.32 Å². The number of carbonyl (C=O) groups excluding carboxylic acids is 1. The zero-order valence-corrected chi connectivity index (χ0v) is 11.7. The Morgan fingerprint density at radius 3 is 2.57 bits per heavy atom. The second-order valence-corrected chi connectivity index (χ2v) is 5.36. The Hall–Kier alpha value is -2.15. The van der Waals surface area contributed by atoms with E-state index < -0.39 is 16.8 Å². The maximum atomic E-state index is 12.0. The number of aliphatic carboxylic acids is 1. The number of nitro groups is 1. The number of anilines is 1. The molecular weight excluding hydrogens is 300 g/mol. The molecule has 0 bridgehead atoms. The van der Waals surface area contributed by atoms with E-state index in [0.29, 0.717) is 12.8 Å². The van der Waals surface area contributed by atoms with E-state index in [0.717, 1.165) is 0 Å². The van der Waals surface area contributed by atoms with E-state index in [-0.39, 0.29) is 34.6 Å². The SMILES string of the molecule is O=C(O)C1CCC(C(=O)Nc2ccc(Cl)c([N+](=O)[O-])c2)C1. The zero-order valence-electron chi connectivity index (χ0n) is 10.9. The highest BCUT2D eigenvalue weighted by molar-refractivity contribution is 6.32. The second-order valence-electron chi connectivity index (χ2n) is 4.96. The lowest BCUT2D eigenvalue weighted by Crippen LogP contribution is -2.21. The van der Waals surface area contributed by atoms with Gasteiger partial charge in [0.15, 0.2) is 0 Å². The van der Waals surface area contributed by atoms with Gasteiger partial charge in [0.1, 0.15) is 5.02 Å². The molecule has 2 unspecified atom stereocenters. The van der Waals surface area contributed by atoms with E-state index in [4.69, 9.17) is 16.7 Å². The normalized spacial score (nSPS) is 21.0. The summed E-state index contributed by atoms with van der Waals surface area (Å²) in [5.41, 5.74) is -0.0147. The molecule has 2 rings (SSSR count). The van der Waals surface area contributed by atoms with Crippen LogP contribution in [0.1, 0.15) is 19.3 Å². The maximum absolute atomic E-state index is 12.0. The number of halogens is 1. The smallest absolute Gasteiger partial charge is 0.306 e. The Labute approximate surface area is 125 Å². The van der Waals surface area contributed by atoms with E-state index in [1.165, 1.54) is 18.2 Å². The van der Waals surface area contributed by atoms with Crippen molar-refractivity contribution in [3.63, 3.8) is 0 Å². The average molecular weight is 313 g/mol. The van der Waals surface area contributed by atoms with Crippen molar-refractivity contribution in [1.82, 2.24) is 0 Å². The van der Waals surface area contributed by atoms with Gasteiger partial charge in [0.05, 0.1) is 10.8 Å². The van der Waals surface area contributed by atoms with Gasteiger partial charge in [-0.2, -0.15) is 0 Å². The number of nitrogens with one attached hydrogen (secondary N) is 1. The Morgan fingerprint density at radius 2 is 2.00 bits per heavy atom. The van der Waals surface area contributed by atoms with Crippen LogP contribution in [-0.4, -0.2) is 21.9 Å². The first-order chi connectivity index (χ1) is 9.88. The van der Waals surface area contributed by atoms with Crippen LogP contribution in [0.3, 0.4) is 0 Å². The molecule has 21 heavy (non-hydrogen) atoms. The fourth-order valence-corrected chi connectivity index (χ4v) is 2.61. The van der Waals surface area contributed by atoms with E-state index in [1.54, 1.807) is 0 Å². The van der Waals surface area contributed by atoms with Crippen LogP contribution in [0.5, 0.6) is 0 Å². The van der Waals surface area contributed by atoms with Crippen LogP contribution in [0.15, 0.2) is 18.2 Å². The summed E-state index contributed by atoms with van der Waals surface area (Å²) < 4.78 is 0. The Morgan fingerprint density at radius 1 is 1.33 bits per heavy atom. The summed E-state index contributed by atoms with van der Waals surface area (Å²) in [6, 6.07) is 3.99. The van der Waals surface area contributed by atoms with Crippen LogP contribution in [0.2, 0.25) is 5.02 Å². The molecule has 2 N–H and O–H groups in total. The van der Waals surface area contributed by atoms with Crippen molar-refractivity contribution >= 4 is 34.9 Å². The molecule has 1 aromatic rings. The van der Waals surface area contributed by atoms with Gasteiger partial charge in [-0.3, -0.25) is 19.7 Å². The summed E-state index contributed by atoms with van der Waals surface area (Å²) in [7, 11) is 0. The van der Waals surface area contributed by atoms with Gasteiger partial charge >= 0.3 is 5.97 Å². The molecule has 1 aromatic carbocycles. The van der Waals surface area contributed by atoms with Gasteiger partial charge in [0, 0.05) is 17.7 Å². The number of rotatable bonds is 4. The molecule has 0 spiro atoms. The largest absolute Gasteiger partial charge is 0.481 e. The maximum Gasteiger partial charge on any atom is 0.306 e. The molecule has 1 fully saturated rings. The third-order valence-electron chi connectivity index (χ3n) is 3.56. The van der Waals surface area contributed by atoms with Gasteiger partial charge in [-0.25, -0.2) is 0 Å². The van der Waals surface area contributed by atoms with Gasteiger partial charge in [0.25, 0.3) is 5.69 Å². The van der Waals surface area contributed by atoms with Crippen molar-refractivity contribution in [2.24, 2.45) is 11.8 Å². The molecule has 112 valence electrons. The molecule has 8 heteroatoms. The lowest BCUT2D eigenvalue weighted by Gasteiger charge is -2.11. The Kier molecular flexibility index (Phi) is 4.42. The number of nitro benzene ring substituents is 1. The summed E-state index contributed by atoms with van der Waals surface area (Å²) in [5, 5.41) is 22.2. The number of carbonyl (C=O) groups is 2. The predicted octanol–water partition coefficient (Wildman–Crippen LogP) is 2.69. The molecule has 0 heterocycles. The van der Waals surface area contributed by atoms with Crippen molar-refractivity contribution in [3.05, 3.63) is 33.3 Å². The summed E-state index contributed by atoms with van der Waals surface area (Å²) >= 11 is 5.69. The Balaban J connectivity index is 2.05. The minimum Gasteiger partial charge on any atom is -0.481 e. The minimum atomic E-state index is -0.896. The van der Waals surface area contributed by atoms with Gasteiger partial charge in [-0.15, -0.1) is 0 Å². The number of benzene rings is 1. The van der Waals surface area contributed by atoms with E-state index in [2.05, 4.69) is 5.32 Å². The number of nitrogens with zero attached hydrogens (tertiary/aromatic N) is 1. The number of carboxylic acids is 1. The molecule has 1 saturated carbocycles. The van der Waals surface area contributed by atoms with Gasteiger partial charge in [-0.05, 0) is 31.4 Å². The standard InChI is InChI=1S/C13H13ClN2O5/c14-10-4-3-9(6-11(10)16(20)21)15-12(17)7-1-2-8(5-7)13(18)19/h3-4,6-8H,1-2,5H2,(H,15,17)(H,18,19). The molecule has 7 nitrogen and oxygen atoms in total. The first-order valence-electron chi connectivity index (χ1n) is 6.36. The summed E-state index contributed by atoms with van der Waals surface area (Å²) in [6.45, 7) is 0. The number of carboxylic acid groups (broad SMARTS) is 1. The van der Waals surface area contributed by atoms with Crippen LogP contribution in [-0.2, 0) is 9.59 Å². The topological polar surface area (TPSA) is 110 Å². The highest BCUT2D eigenvalue weighted by Gasteiger charge is 2.33. The summed E-state index contributed by atoms with van der Waals surface area (Å²) in [4.78, 5) is 33.1. The quantitative estimate of drug-likeness (QED) is 0.656. The summed E-state index contributed by atoms with van der Waals surface area (Å²) in [5.74, 6) is -2.11. The molecule has 0 saturated heterocycles. The van der Waals surface area contributed by atoms with E-state index in [9.17, 15) is 19.7 Å². The number of hydrogen-bond acceptors (Lipinski definition) is 4. The van der Waals surface area contributed by atoms with Gasteiger partial charge in [-0.1, -0.05) is 11.6 Å². The number of amides is 1. The minimum absolute atomic E-state index is 0.00944. The molecule has 1 aliphatic carbocycles. The fraction of sp³-hybridized carbons (Fsp3) is 0.385. The number of hydrogen-bond donors (Lipinski definition) is 2. The van der Waals surface area contributed by atoms with Crippen molar-refractivity contribution in [3.8, 4) is 0 Å². The predicted molar refractivity (Wildman–Crippen MR) is 75.2 cm³/mol. The third kappa shape index (κ3) is 3.49. The van der Waals surface area contributed by atoms with Crippen LogP contribution in [0.25, 0.3) is 0 Å². The summed E-state index contributed by atoms with van der Waals surface area (Å²) in [6.07, 6.45) is 1.25. The van der Waals surface area contributed by atoms with Crippen LogP contribution >= 0.6 is 11.6 Å². The lowest BCUT2D eigenvalue weighted by molar-refractivity contribution is -0.384.